The average Bonchev–Trinajstić information content (AvgIpc) is 2.97. The Labute approximate surface area is 138 Å². The first-order chi connectivity index (χ1) is 11.2. The van der Waals surface area contributed by atoms with Crippen LogP contribution in [0.4, 0.5) is 0 Å². The highest BCUT2D eigenvalue weighted by atomic mass is 16.3. The monoisotopic (exact) mass is 314 g/mol. The van der Waals surface area contributed by atoms with Crippen LogP contribution in [0.3, 0.4) is 0 Å². The fraction of sp³-hybridized carbons (Fsp3) is 0.556. The number of hydrogen-bond donors (Lipinski definition) is 1. The molecule has 1 aliphatic rings. The van der Waals surface area contributed by atoms with Crippen molar-refractivity contribution < 1.29 is 5.11 Å². The number of benzene rings is 1. The van der Waals surface area contributed by atoms with E-state index in [1.807, 2.05) is 25.2 Å². The predicted molar refractivity (Wildman–Crippen MR) is 90.8 cm³/mol. The Kier molecular flexibility index (Phi) is 4.78. The highest BCUT2D eigenvalue weighted by molar-refractivity contribution is 5.54. The summed E-state index contributed by atoms with van der Waals surface area (Å²) in [6.45, 7) is 5.34. The molecule has 0 bridgehead atoms. The van der Waals surface area contributed by atoms with Gasteiger partial charge in [0.25, 0.3) is 0 Å². The van der Waals surface area contributed by atoms with E-state index in [-0.39, 0.29) is 5.41 Å². The van der Waals surface area contributed by atoms with Gasteiger partial charge in [-0.15, -0.1) is 10.2 Å². The Morgan fingerprint density at radius 2 is 1.83 bits per heavy atom. The Bertz CT molecular complexity index is 624. The van der Waals surface area contributed by atoms with Gasteiger partial charge in [-0.05, 0) is 37.8 Å². The van der Waals surface area contributed by atoms with E-state index in [4.69, 9.17) is 0 Å². The van der Waals surface area contributed by atoms with Gasteiger partial charge in [0.1, 0.15) is 5.82 Å². The first-order valence-electron chi connectivity index (χ1n) is 8.44. The third-order valence-electron chi connectivity index (χ3n) is 5.36. The summed E-state index contributed by atoms with van der Waals surface area (Å²) in [5.41, 5.74) is 1.23. The fourth-order valence-corrected chi connectivity index (χ4v) is 3.35. The predicted octanol–water partition coefficient (Wildman–Crippen LogP) is 2.47. The number of aliphatic hydroxyl groups excluding tert-OH is 1. The van der Waals surface area contributed by atoms with Gasteiger partial charge < -0.3 is 9.67 Å². The number of piperidine rings is 1. The zero-order chi connectivity index (χ0) is 16.3. The van der Waals surface area contributed by atoms with Gasteiger partial charge in [-0.2, -0.15) is 0 Å². The molecule has 0 unspecified atom stereocenters. The lowest BCUT2D eigenvalue weighted by molar-refractivity contribution is 0.0371. The summed E-state index contributed by atoms with van der Waals surface area (Å²) in [5, 5.41) is 18.4. The molecule has 1 aromatic carbocycles. The number of likely N-dealkylation sites (tertiary alicyclic amines) is 1. The highest BCUT2D eigenvalue weighted by Crippen LogP contribution is 2.34. The molecule has 0 aliphatic carbocycles. The van der Waals surface area contributed by atoms with Crippen LogP contribution in [-0.2, 0) is 13.6 Å². The number of rotatable bonds is 5. The van der Waals surface area contributed by atoms with Crippen molar-refractivity contribution in [2.45, 2.75) is 32.7 Å². The molecule has 0 spiro atoms. The van der Waals surface area contributed by atoms with Gasteiger partial charge >= 0.3 is 0 Å². The maximum absolute atomic E-state index is 9.65. The lowest BCUT2D eigenvalue weighted by Gasteiger charge is -2.40. The lowest BCUT2D eigenvalue weighted by atomic mass is 9.77. The van der Waals surface area contributed by atoms with Crippen molar-refractivity contribution in [1.29, 1.82) is 0 Å². The van der Waals surface area contributed by atoms with E-state index < -0.39 is 0 Å². The van der Waals surface area contributed by atoms with Crippen molar-refractivity contribution in [2.24, 2.45) is 12.5 Å². The molecule has 0 atom stereocenters. The molecule has 1 aromatic heterocycles. The van der Waals surface area contributed by atoms with Gasteiger partial charge in [0, 0.05) is 19.2 Å². The number of hydrogen-bond acceptors (Lipinski definition) is 4. The molecular weight excluding hydrogens is 288 g/mol. The molecule has 0 radical (unpaired) electrons. The van der Waals surface area contributed by atoms with E-state index in [9.17, 15) is 5.11 Å². The van der Waals surface area contributed by atoms with Crippen LogP contribution in [-0.4, -0.2) is 44.5 Å². The van der Waals surface area contributed by atoms with Crippen molar-refractivity contribution in [1.82, 2.24) is 19.7 Å². The molecule has 3 rings (SSSR count). The van der Waals surface area contributed by atoms with Crippen LogP contribution in [0.5, 0.6) is 0 Å². The van der Waals surface area contributed by atoms with Gasteiger partial charge in [0.05, 0.1) is 6.54 Å². The molecule has 2 heterocycles. The molecule has 23 heavy (non-hydrogen) atoms. The van der Waals surface area contributed by atoms with Gasteiger partial charge in [0.2, 0.25) is 0 Å². The topological polar surface area (TPSA) is 54.2 Å². The SMILES string of the molecule is CCC1(CO)CCN(Cc2nnc(-c3ccccc3)n2C)CC1. The fourth-order valence-electron chi connectivity index (χ4n) is 3.35. The van der Waals surface area contributed by atoms with E-state index in [0.29, 0.717) is 6.61 Å². The summed E-state index contributed by atoms with van der Waals surface area (Å²) in [6, 6.07) is 10.2. The number of aromatic nitrogens is 3. The Balaban J connectivity index is 1.67. The van der Waals surface area contributed by atoms with E-state index in [2.05, 4.69) is 38.7 Å². The molecule has 1 fully saturated rings. The van der Waals surface area contributed by atoms with E-state index in [1.54, 1.807) is 0 Å². The highest BCUT2D eigenvalue weighted by Gasteiger charge is 2.32. The van der Waals surface area contributed by atoms with Crippen LogP contribution in [0.1, 0.15) is 32.0 Å². The standard InChI is InChI=1S/C18H26N4O/c1-3-18(14-23)9-11-22(12-10-18)13-16-19-20-17(21(16)2)15-7-5-4-6-8-15/h4-8,23H,3,9-14H2,1-2H3. The second kappa shape index (κ2) is 6.81. The smallest absolute Gasteiger partial charge is 0.163 e. The number of nitrogens with zero attached hydrogens (tertiary/aromatic N) is 4. The second-order valence-corrected chi connectivity index (χ2v) is 6.65. The summed E-state index contributed by atoms with van der Waals surface area (Å²) >= 11 is 0. The summed E-state index contributed by atoms with van der Waals surface area (Å²) < 4.78 is 2.09. The lowest BCUT2D eigenvalue weighted by Crippen LogP contribution is -2.41. The molecule has 124 valence electrons. The van der Waals surface area contributed by atoms with Crippen molar-refractivity contribution in [2.75, 3.05) is 19.7 Å². The van der Waals surface area contributed by atoms with Crippen LogP contribution in [0.2, 0.25) is 0 Å². The summed E-state index contributed by atoms with van der Waals surface area (Å²) in [5.74, 6) is 1.91. The van der Waals surface area contributed by atoms with E-state index >= 15 is 0 Å². The van der Waals surface area contributed by atoms with Gasteiger partial charge in [0.15, 0.2) is 5.82 Å². The van der Waals surface area contributed by atoms with Crippen molar-refractivity contribution in [3.05, 3.63) is 36.2 Å². The normalized spacial score (nSPS) is 18.2. The maximum Gasteiger partial charge on any atom is 0.163 e. The quantitative estimate of drug-likeness (QED) is 0.921. The largest absolute Gasteiger partial charge is 0.396 e. The van der Waals surface area contributed by atoms with Crippen molar-refractivity contribution in [3.63, 3.8) is 0 Å². The molecule has 1 saturated heterocycles. The molecule has 5 heteroatoms. The average molecular weight is 314 g/mol. The van der Waals surface area contributed by atoms with Gasteiger partial charge in [-0.3, -0.25) is 4.90 Å². The Hall–Kier alpha value is -1.72. The molecule has 1 aliphatic heterocycles. The Morgan fingerprint density at radius 3 is 2.43 bits per heavy atom. The van der Waals surface area contributed by atoms with E-state index in [0.717, 1.165) is 56.1 Å². The van der Waals surface area contributed by atoms with E-state index in [1.165, 1.54) is 0 Å². The first-order valence-corrected chi connectivity index (χ1v) is 8.44. The van der Waals surface area contributed by atoms with Crippen LogP contribution >= 0.6 is 0 Å². The first kappa shape index (κ1) is 16.1. The van der Waals surface area contributed by atoms with Crippen molar-refractivity contribution in [3.8, 4) is 11.4 Å². The minimum Gasteiger partial charge on any atom is -0.396 e. The molecule has 1 N–H and O–H groups in total. The molecule has 5 nitrogen and oxygen atoms in total. The summed E-state index contributed by atoms with van der Waals surface area (Å²) in [6.07, 6.45) is 3.17. The molecule has 0 amide bonds. The minimum atomic E-state index is 0.131. The summed E-state index contributed by atoms with van der Waals surface area (Å²) in [7, 11) is 2.03. The van der Waals surface area contributed by atoms with Gasteiger partial charge in [-0.25, -0.2) is 0 Å². The Morgan fingerprint density at radius 1 is 1.13 bits per heavy atom. The molecular formula is C18H26N4O. The third kappa shape index (κ3) is 3.31. The molecule has 0 saturated carbocycles. The summed E-state index contributed by atoms with van der Waals surface area (Å²) in [4.78, 5) is 2.42. The maximum atomic E-state index is 9.65. The van der Waals surface area contributed by atoms with Crippen LogP contribution < -0.4 is 0 Å². The minimum absolute atomic E-state index is 0.131. The zero-order valence-corrected chi connectivity index (χ0v) is 14.1. The van der Waals surface area contributed by atoms with Crippen LogP contribution in [0, 0.1) is 5.41 Å². The van der Waals surface area contributed by atoms with Crippen LogP contribution in [0.15, 0.2) is 30.3 Å². The third-order valence-corrected chi connectivity index (χ3v) is 5.36. The van der Waals surface area contributed by atoms with Gasteiger partial charge in [-0.1, -0.05) is 37.3 Å². The second-order valence-electron chi connectivity index (χ2n) is 6.65. The van der Waals surface area contributed by atoms with Crippen LogP contribution in [0.25, 0.3) is 11.4 Å². The molecule has 2 aromatic rings. The number of aliphatic hydroxyl groups is 1. The zero-order valence-electron chi connectivity index (χ0n) is 14.1. The van der Waals surface area contributed by atoms with Crippen molar-refractivity contribution >= 4 is 0 Å².